The van der Waals surface area contributed by atoms with Gasteiger partial charge in [-0.2, -0.15) is 0 Å². The number of hydrogen-bond donors (Lipinski definition) is 3. The van der Waals surface area contributed by atoms with Crippen LogP contribution in [0.4, 0.5) is 4.79 Å². The number of unbranched alkanes of at least 4 members (excludes halogenated alkanes) is 4. The van der Waals surface area contributed by atoms with Crippen LogP contribution in [0.3, 0.4) is 0 Å². The van der Waals surface area contributed by atoms with E-state index >= 15 is 0 Å². The molecule has 2 atom stereocenters. The smallest absolute Gasteiger partial charge is 0.408 e. The highest BCUT2D eigenvalue weighted by Gasteiger charge is 2.36. The summed E-state index contributed by atoms with van der Waals surface area (Å²) in [4.78, 5) is 53.6. The Morgan fingerprint density at radius 3 is 2.36 bits per heavy atom. The molecule has 1 aromatic rings. The summed E-state index contributed by atoms with van der Waals surface area (Å²) in [5.74, 6) is -1.38. The zero-order valence-electron chi connectivity index (χ0n) is 24.4. The normalized spacial score (nSPS) is 12.6. The SMILES string of the molecule is C=Cc1cccc(C(C(=O)NCCCC)N(CCCCCC)C(=O)C(CCC(N)=O)NC(=O)OC(C)(C)C)c1. The third-order valence-corrected chi connectivity index (χ3v) is 6.06. The number of hydrogen-bond acceptors (Lipinski definition) is 5. The molecule has 0 bridgehead atoms. The topological polar surface area (TPSA) is 131 Å². The minimum atomic E-state index is -1.10. The molecule has 39 heavy (non-hydrogen) atoms. The number of nitrogens with two attached hydrogens (primary N) is 1. The lowest BCUT2D eigenvalue weighted by atomic mass is 9.99. The molecular formula is C30H48N4O5. The van der Waals surface area contributed by atoms with Crippen molar-refractivity contribution in [2.75, 3.05) is 13.1 Å². The Hall–Kier alpha value is -3.36. The molecule has 218 valence electrons. The first-order valence-corrected chi connectivity index (χ1v) is 14.0. The Kier molecular flexibility index (Phi) is 14.9. The third kappa shape index (κ3) is 12.8. The number of nitrogens with zero attached hydrogens (tertiary/aromatic N) is 1. The van der Waals surface area contributed by atoms with Gasteiger partial charge < -0.3 is 26.0 Å². The average Bonchev–Trinajstić information content (AvgIpc) is 2.86. The first kappa shape index (κ1) is 33.7. The molecule has 9 nitrogen and oxygen atoms in total. The van der Waals surface area contributed by atoms with Gasteiger partial charge in [-0.15, -0.1) is 0 Å². The van der Waals surface area contributed by atoms with Crippen LogP contribution in [-0.4, -0.2) is 53.4 Å². The molecule has 0 aliphatic heterocycles. The quantitative estimate of drug-likeness (QED) is 0.241. The summed E-state index contributed by atoms with van der Waals surface area (Å²) in [6, 6.07) is 5.29. The van der Waals surface area contributed by atoms with Gasteiger partial charge >= 0.3 is 6.09 Å². The highest BCUT2D eigenvalue weighted by molar-refractivity contribution is 5.92. The average molecular weight is 545 g/mol. The first-order chi connectivity index (χ1) is 18.4. The molecule has 0 aromatic heterocycles. The molecule has 4 N–H and O–H groups in total. The van der Waals surface area contributed by atoms with Crippen molar-refractivity contribution in [3.8, 4) is 0 Å². The molecule has 4 amide bonds. The molecule has 1 aromatic carbocycles. The van der Waals surface area contributed by atoms with Crippen molar-refractivity contribution in [3.63, 3.8) is 0 Å². The Balaban J connectivity index is 3.51. The summed E-state index contributed by atoms with van der Waals surface area (Å²) in [5.41, 5.74) is 6.05. The van der Waals surface area contributed by atoms with Crippen LogP contribution in [0.1, 0.15) is 103 Å². The van der Waals surface area contributed by atoms with E-state index in [1.807, 2.05) is 31.2 Å². The van der Waals surface area contributed by atoms with Crippen molar-refractivity contribution in [1.29, 1.82) is 0 Å². The van der Waals surface area contributed by atoms with Crippen LogP contribution < -0.4 is 16.4 Å². The number of carbonyl (C=O) groups excluding carboxylic acids is 4. The highest BCUT2D eigenvalue weighted by atomic mass is 16.6. The fourth-order valence-corrected chi connectivity index (χ4v) is 4.08. The summed E-state index contributed by atoms with van der Waals surface area (Å²) in [7, 11) is 0. The molecule has 0 aliphatic carbocycles. The fourth-order valence-electron chi connectivity index (χ4n) is 4.08. The number of rotatable bonds is 17. The van der Waals surface area contributed by atoms with Crippen molar-refractivity contribution in [2.45, 2.75) is 104 Å². The molecule has 2 unspecified atom stereocenters. The van der Waals surface area contributed by atoms with Gasteiger partial charge in [-0.25, -0.2) is 4.79 Å². The van der Waals surface area contributed by atoms with Gasteiger partial charge in [0.05, 0.1) is 0 Å². The fraction of sp³-hybridized carbons (Fsp3) is 0.600. The van der Waals surface area contributed by atoms with Gasteiger partial charge in [-0.3, -0.25) is 14.4 Å². The molecule has 0 aliphatic rings. The predicted octanol–water partition coefficient (Wildman–Crippen LogP) is 4.85. The van der Waals surface area contributed by atoms with Gasteiger partial charge in [-0.1, -0.05) is 70.4 Å². The van der Waals surface area contributed by atoms with Crippen LogP contribution in [-0.2, 0) is 19.1 Å². The van der Waals surface area contributed by atoms with Gasteiger partial charge in [0.15, 0.2) is 0 Å². The molecular weight excluding hydrogens is 496 g/mol. The zero-order chi connectivity index (χ0) is 29.4. The van der Waals surface area contributed by atoms with E-state index in [9.17, 15) is 19.2 Å². The van der Waals surface area contributed by atoms with Gasteiger partial charge in [0.1, 0.15) is 17.7 Å². The Morgan fingerprint density at radius 1 is 1.08 bits per heavy atom. The lowest BCUT2D eigenvalue weighted by Gasteiger charge is -2.34. The highest BCUT2D eigenvalue weighted by Crippen LogP contribution is 2.25. The van der Waals surface area contributed by atoms with E-state index in [1.165, 1.54) is 4.90 Å². The summed E-state index contributed by atoms with van der Waals surface area (Å²) in [6.45, 7) is 13.9. The Bertz CT molecular complexity index is 957. The van der Waals surface area contributed by atoms with E-state index in [-0.39, 0.29) is 18.7 Å². The Labute approximate surface area is 233 Å². The zero-order valence-corrected chi connectivity index (χ0v) is 24.4. The van der Waals surface area contributed by atoms with Crippen LogP contribution in [0.5, 0.6) is 0 Å². The monoisotopic (exact) mass is 544 g/mol. The summed E-state index contributed by atoms with van der Waals surface area (Å²) >= 11 is 0. The van der Waals surface area contributed by atoms with Crippen molar-refractivity contribution < 1.29 is 23.9 Å². The van der Waals surface area contributed by atoms with Gasteiger partial charge in [0.2, 0.25) is 17.7 Å². The molecule has 0 saturated heterocycles. The largest absolute Gasteiger partial charge is 0.444 e. The third-order valence-electron chi connectivity index (χ3n) is 6.06. The number of amides is 4. The number of carbonyl (C=O) groups is 4. The number of ether oxygens (including phenoxy) is 1. The van der Waals surface area contributed by atoms with Crippen LogP contribution in [0, 0.1) is 0 Å². The van der Waals surface area contributed by atoms with Gasteiger partial charge in [0.25, 0.3) is 0 Å². The number of nitrogens with one attached hydrogen (secondary N) is 2. The molecule has 0 fully saturated rings. The Morgan fingerprint density at radius 2 is 1.77 bits per heavy atom. The van der Waals surface area contributed by atoms with Crippen molar-refractivity contribution >= 4 is 29.9 Å². The lowest BCUT2D eigenvalue weighted by Crippen LogP contribution is -2.53. The second-order valence-electron chi connectivity index (χ2n) is 10.7. The number of primary amides is 1. The molecule has 0 heterocycles. The van der Waals surface area contributed by atoms with Crippen LogP contribution in [0.15, 0.2) is 30.8 Å². The molecule has 9 heteroatoms. The van der Waals surface area contributed by atoms with Crippen LogP contribution in [0.25, 0.3) is 6.08 Å². The second-order valence-corrected chi connectivity index (χ2v) is 10.7. The predicted molar refractivity (Wildman–Crippen MR) is 155 cm³/mol. The van der Waals surface area contributed by atoms with Crippen LogP contribution >= 0.6 is 0 Å². The molecule has 0 radical (unpaired) electrons. The van der Waals surface area contributed by atoms with Crippen molar-refractivity contribution in [3.05, 3.63) is 42.0 Å². The molecule has 1 rings (SSSR count). The maximum Gasteiger partial charge on any atom is 0.408 e. The summed E-state index contributed by atoms with van der Waals surface area (Å²) in [5, 5.41) is 5.60. The van der Waals surface area contributed by atoms with E-state index in [1.54, 1.807) is 26.8 Å². The van der Waals surface area contributed by atoms with Gasteiger partial charge in [0, 0.05) is 19.5 Å². The minimum Gasteiger partial charge on any atom is -0.444 e. The van der Waals surface area contributed by atoms with Crippen LogP contribution in [0.2, 0.25) is 0 Å². The number of alkyl carbamates (subject to hydrolysis) is 1. The molecule has 0 spiro atoms. The van der Waals surface area contributed by atoms with E-state index in [0.717, 1.165) is 37.7 Å². The van der Waals surface area contributed by atoms with E-state index < -0.39 is 35.6 Å². The van der Waals surface area contributed by atoms with Crippen molar-refractivity contribution in [2.24, 2.45) is 5.73 Å². The van der Waals surface area contributed by atoms with Crippen molar-refractivity contribution in [1.82, 2.24) is 15.5 Å². The first-order valence-electron chi connectivity index (χ1n) is 14.0. The lowest BCUT2D eigenvalue weighted by molar-refractivity contribution is -0.142. The summed E-state index contributed by atoms with van der Waals surface area (Å²) in [6.07, 6.45) is 6.03. The van der Waals surface area contributed by atoms with E-state index in [4.69, 9.17) is 10.5 Å². The van der Waals surface area contributed by atoms with Gasteiger partial charge in [-0.05, 0) is 57.2 Å². The van der Waals surface area contributed by atoms with E-state index in [2.05, 4.69) is 24.1 Å². The van der Waals surface area contributed by atoms with E-state index in [0.29, 0.717) is 25.1 Å². The second kappa shape index (κ2) is 17.3. The minimum absolute atomic E-state index is 0.0181. The molecule has 0 saturated carbocycles. The maximum atomic E-state index is 14.1. The summed E-state index contributed by atoms with van der Waals surface area (Å²) < 4.78 is 5.38. The maximum absolute atomic E-state index is 14.1. The standard InChI is InChI=1S/C30H48N4O5/c1-7-10-12-13-20-34(28(37)24(17-18-25(31)35)33-29(38)39-30(4,5)6)26(27(36)32-19-11-8-2)23-16-14-15-22(9-3)21-23/h9,14-16,21,24,26H,3,7-8,10-13,17-20H2,1-2,4-6H3,(H2,31,35)(H,32,36)(H,33,38). The number of benzene rings is 1.